The van der Waals surface area contributed by atoms with Crippen molar-refractivity contribution in [2.75, 3.05) is 0 Å². The van der Waals surface area contributed by atoms with Crippen LogP contribution < -0.4 is 0 Å². The van der Waals surface area contributed by atoms with Gasteiger partial charge in [-0.25, -0.2) is 4.39 Å². The van der Waals surface area contributed by atoms with E-state index in [1.165, 1.54) is 12.1 Å². The fourth-order valence-corrected chi connectivity index (χ4v) is 1.70. The third-order valence-electron chi connectivity index (χ3n) is 1.96. The Balaban J connectivity index is 2.87. The van der Waals surface area contributed by atoms with Gasteiger partial charge in [0.05, 0.1) is 4.60 Å². The Morgan fingerprint density at radius 2 is 2.17 bits per heavy atom. The van der Waals surface area contributed by atoms with Gasteiger partial charge in [-0.2, -0.15) is 0 Å². The molecule has 1 N–H and O–H groups in total. The van der Waals surface area contributed by atoms with Gasteiger partial charge < -0.3 is 4.98 Å². The maximum absolute atomic E-state index is 12.7. The predicted molar refractivity (Wildman–Crippen MR) is 50.7 cm³/mol. The molecule has 62 valence electrons. The summed E-state index contributed by atoms with van der Waals surface area (Å²) >= 11 is 3.36. The van der Waals surface area contributed by atoms with Crippen LogP contribution in [-0.4, -0.2) is 4.98 Å². The first-order valence-corrected chi connectivity index (χ1v) is 4.41. The molecule has 0 radical (unpaired) electrons. The normalized spacial score (nSPS) is 10.9. The summed E-state index contributed by atoms with van der Waals surface area (Å²) in [6, 6.07) is 4.74. The zero-order valence-corrected chi connectivity index (χ0v) is 8.07. The van der Waals surface area contributed by atoms with E-state index in [0.29, 0.717) is 0 Å². The van der Waals surface area contributed by atoms with Crippen LogP contribution in [0.3, 0.4) is 0 Å². The van der Waals surface area contributed by atoms with E-state index in [1.807, 2.05) is 6.92 Å². The highest BCUT2D eigenvalue weighted by molar-refractivity contribution is 9.10. The average Bonchev–Trinajstić information content (AvgIpc) is 2.28. The lowest BCUT2D eigenvalue weighted by Crippen LogP contribution is -1.72. The Kier molecular flexibility index (Phi) is 1.68. The van der Waals surface area contributed by atoms with Gasteiger partial charge in [-0.1, -0.05) is 0 Å². The molecule has 1 nitrogen and oxygen atoms in total. The minimum Gasteiger partial charge on any atom is -0.349 e. The van der Waals surface area contributed by atoms with Gasteiger partial charge in [0.25, 0.3) is 0 Å². The van der Waals surface area contributed by atoms with Gasteiger partial charge in [0.15, 0.2) is 0 Å². The van der Waals surface area contributed by atoms with Crippen LogP contribution in [0.4, 0.5) is 4.39 Å². The minimum absolute atomic E-state index is 0.212. The Morgan fingerprint density at radius 3 is 2.92 bits per heavy atom. The van der Waals surface area contributed by atoms with Crippen LogP contribution in [0.5, 0.6) is 0 Å². The molecule has 0 bridgehead atoms. The van der Waals surface area contributed by atoms with Gasteiger partial charge in [0, 0.05) is 10.9 Å². The summed E-state index contributed by atoms with van der Waals surface area (Å²) < 4.78 is 13.7. The van der Waals surface area contributed by atoms with Gasteiger partial charge in [0.1, 0.15) is 5.82 Å². The summed E-state index contributed by atoms with van der Waals surface area (Å²) in [6.07, 6.45) is 0. The minimum atomic E-state index is -0.212. The van der Waals surface area contributed by atoms with Crippen molar-refractivity contribution in [1.82, 2.24) is 4.98 Å². The summed E-state index contributed by atoms with van der Waals surface area (Å²) in [5.74, 6) is -0.212. The van der Waals surface area contributed by atoms with E-state index in [1.54, 1.807) is 6.07 Å². The standard InChI is InChI=1S/C9H7BrFN/c1-5-7-3-2-6(11)4-8(7)12-9(5)10/h2-4,12H,1H3. The molecule has 2 aromatic rings. The number of aromatic amines is 1. The zero-order chi connectivity index (χ0) is 8.72. The van der Waals surface area contributed by atoms with Gasteiger partial charge >= 0.3 is 0 Å². The fourth-order valence-electron chi connectivity index (χ4n) is 1.28. The third kappa shape index (κ3) is 1.05. The van der Waals surface area contributed by atoms with Crippen molar-refractivity contribution in [1.29, 1.82) is 0 Å². The Morgan fingerprint density at radius 1 is 1.42 bits per heavy atom. The van der Waals surface area contributed by atoms with Crippen molar-refractivity contribution < 1.29 is 4.39 Å². The van der Waals surface area contributed by atoms with Crippen molar-refractivity contribution in [2.24, 2.45) is 0 Å². The van der Waals surface area contributed by atoms with Crippen molar-refractivity contribution >= 4 is 26.8 Å². The Labute approximate surface area is 77.7 Å². The maximum atomic E-state index is 12.7. The second-order valence-corrected chi connectivity index (χ2v) is 3.55. The van der Waals surface area contributed by atoms with Gasteiger partial charge in [-0.15, -0.1) is 0 Å². The first kappa shape index (κ1) is 7.80. The van der Waals surface area contributed by atoms with Crippen molar-refractivity contribution in [3.8, 4) is 0 Å². The lowest BCUT2D eigenvalue weighted by atomic mass is 10.2. The number of nitrogens with one attached hydrogen (secondary N) is 1. The molecule has 1 aromatic heterocycles. The van der Waals surface area contributed by atoms with Crippen LogP contribution in [0.1, 0.15) is 5.56 Å². The molecule has 0 saturated carbocycles. The smallest absolute Gasteiger partial charge is 0.125 e. The van der Waals surface area contributed by atoms with Crippen molar-refractivity contribution in [2.45, 2.75) is 6.92 Å². The molecule has 12 heavy (non-hydrogen) atoms. The molecular formula is C9H7BrFN. The Bertz CT molecular complexity index is 433. The second-order valence-electron chi connectivity index (χ2n) is 2.75. The number of aryl methyl sites for hydroxylation is 1. The van der Waals surface area contributed by atoms with Crippen LogP contribution >= 0.6 is 15.9 Å². The molecule has 0 saturated heterocycles. The van der Waals surface area contributed by atoms with E-state index in [-0.39, 0.29) is 5.82 Å². The summed E-state index contributed by atoms with van der Waals surface area (Å²) in [5, 5.41) is 1.06. The molecule has 0 unspecified atom stereocenters. The highest BCUT2D eigenvalue weighted by Crippen LogP contribution is 2.25. The van der Waals surface area contributed by atoms with Crippen LogP contribution in [-0.2, 0) is 0 Å². The number of fused-ring (bicyclic) bond motifs is 1. The summed E-state index contributed by atoms with van der Waals surface area (Å²) in [6.45, 7) is 1.99. The van der Waals surface area contributed by atoms with Crippen molar-refractivity contribution in [3.05, 3.63) is 34.2 Å². The molecule has 0 amide bonds. The molecule has 0 aliphatic heterocycles. The predicted octanol–water partition coefficient (Wildman–Crippen LogP) is 3.38. The molecule has 0 aliphatic rings. The van der Waals surface area contributed by atoms with Gasteiger partial charge in [-0.3, -0.25) is 0 Å². The largest absolute Gasteiger partial charge is 0.349 e. The molecule has 3 heteroatoms. The number of H-pyrrole nitrogens is 1. The van der Waals surface area contributed by atoms with Gasteiger partial charge in [0.2, 0.25) is 0 Å². The van der Waals surface area contributed by atoms with Crippen LogP contribution in [0.2, 0.25) is 0 Å². The number of hydrogen-bond donors (Lipinski definition) is 1. The molecule has 1 heterocycles. The molecule has 0 aliphatic carbocycles. The summed E-state index contributed by atoms with van der Waals surface area (Å²) in [7, 11) is 0. The first-order chi connectivity index (χ1) is 5.68. The lowest BCUT2D eigenvalue weighted by Gasteiger charge is -1.90. The number of aromatic nitrogens is 1. The first-order valence-electron chi connectivity index (χ1n) is 3.62. The summed E-state index contributed by atoms with van der Waals surface area (Å²) in [5.41, 5.74) is 1.95. The average molecular weight is 228 g/mol. The number of benzene rings is 1. The summed E-state index contributed by atoms with van der Waals surface area (Å²) in [4.78, 5) is 3.04. The van der Waals surface area contributed by atoms with E-state index >= 15 is 0 Å². The maximum Gasteiger partial charge on any atom is 0.125 e. The van der Waals surface area contributed by atoms with Crippen LogP contribution in [0.25, 0.3) is 10.9 Å². The van der Waals surface area contributed by atoms with Gasteiger partial charge in [-0.05, 0) is 46.6 Å². The monoisotopic (exact) mass is 227 g/mol. The van der Waals surface area contributed by atoms with E-state index in [0.717, 1.165) is 21.1 Å². The lowest BCUT2D eigenvalue weighted by molar-refractivity contribution is 0.629. The van der Waals surface area contributed by atoms with Crippen LogP contribution in [0, 0.1) is 12.7 Å². The van der Waals surface area contributed by atoms with E-state index in [9.17, 15) is 4.39 Å². The van der Waals surface area contributed by atoms with E-state index in [2.05, 4.69) is 20.9 Å². The second kappa shape index (κ2) is 2.59. The van der Waals surface area contributed by atoms with E-state index < -0.39 is 0 Å². The molecule has 0 spiro atoms. The highest BCUT2D eigenvalue weighted by Gasteiger charge is 2.04. The van der Waals surface area contributed by atoms with Crippen LogP contribution in [0.15, 0.2) is 22.8 Å². The highest BCUT2D eigenvalue weighted by atomic mass is 79.9. The number of halogens is 2. The quantitative estimate of drug-likeness (QED) is 0.711. The molecule has 1 aromatic carbocycles. The molecule has 0 fully saturated rings. The van der Waals surface area contributed by atoms with E-state index in [4.69, 9.17) is 0 Å². The SMILES string of the molecule is Cc1c(Br)[nH]c2cc(F)ccc12. The molecule has 2 rings (SSSR count). The number of hydrogen-bond acceptors (Lipinski definition) is 0. The number of rotatable bonds is 0. The molecule has 0 atom stereocenters. The molecular weight excluding hydrogens is 221 g/mol. The topological polar surface area (TPSA) is 15.8 Å². The fraction of sp³-hybridized carbons (Fsp3) is 0.111. The Hall–Kier alpha value is -0.830. The van der Waals surface area contributed by atoms with Crippen molar-refractivity contribution in [3.63, 3.8) is 0 Å². The third-order valence-corrected chi connectivity index (χ3v) is 2.75. The zero-order valence-electron chi connectivity index (χ0n) is 6.49.